The van der Waals surface area contributed by atoms with Gasteiger partial charge in [0.2, 0.25) is 0 Å². The average molecular weight is 202 g/mol. The molecule has 0 aliphatic heterocycles. The SMILES string of the molecule is CCCCC(OCC(C)O)C(C)CC. The molecule has 0 saturated heterocycles. The molecule has 0 radical (unpaired) electrons. The average Bonchev–Trinajstić information content (AvgIpc) is 2.16. The summed E-state index contributed by atoms with van der Waals surface area (Å²) in [5.74, 6) is 0.597. The van der Waals surface area contributed by atoms with Crippen LogP contribution in [-0.2, 0) is 4.74 Å². The third-order valence-corrected chi connectivity index (χ3v) is 2.67. The quantitative estimate of drug-likeness (QED) is 0.655. The van der Waals surface area contributed by atoms with Gasteiger partial charge in [-0.3, -0.25) is 0 Å². The maximum atomic E-state index is 9.16. The first kappa shape index (κ1) is 13.9. The van der Waals surface area contributed by atoms with Crippen molar-refractivity contribution in [3.63, 3.8) is 0 Å². The maximum absolute atomic E-state index is 9.16. The van der Waals surface area contributed by atoms with Crippen LogP contribution in [0.4, 0.5) is 0 Å². The van der Waals surface area contributed by atoms with Crippen molar-refractivity contribution in [3.05, 3.63) is 0 Å². The fourth-order valence-electron chi connectivity index (χ4n) is 1.46. The summed E-state index contributed by atoms with van der Waals surface area (Å²) in [4.78, 5) is 0. The number of hydrogen-bond donors (Lipinski definition) is 1. The molecule has 2 nitrogen and oxygen atoms in total. The minimum atomic E-state index is -0.344. The molecule has 0 aliphatic rings. The lowest BCUT2D eigenvalue weighted by Crippen LogP contribution is -2.25. The molecular formula is C12H26O2. The Kier molecular flexibility index (Phi) is 8.20. The molecule has 1 N–H and O–H groups in total. The number of ether oxygens (including phenoxy) is 1. The van der Waals surface area contributed by atoms with Crippen LogP contribution in [0, 0.1) is 5.92 Å². The molecule has 0 bridgehead atoms. The smallest absolute Gasteiger partial charge is 0.0745 e. The van der Waals surface area contributed by atoms with Crippen LogP contribution in [0.3, 0.4) is 0 Å². The lowest BCUT2D eigenvalue weighted by molar-refractivity contribution is -0.0315. The summed E-state index contributed by atoms with van der Waals surface area (Å²) in [6, 6.07) is 0. The first-order valence-corrected chi connectivity index (χ1v) is 5.91. The normalized spacial score (nSPS) is 17.8. The van der Waals surface area contributed by atoms with Crippen LogP contribution in [0.25, 0.3) is 0 Å². The largest absolute Gasteiger partial charge is 0.391 e. The van der Waals surface area contributed by atoms with Crippen molar-refractivity contribution in [2.45, 2.75) is 65.6 Å². The zero-order valence-corrected chi connectivity index (χ0v) is 10.1. The number of aliphatic hydroxyl groups is 1. The molecule has 0 heterocycles. The molecule has 0 rings (SSSR count). The summed E-state index contributed by atoms with van der Waals surface area (Å²) in [6.45, 7) is 8.85. The zero-order valence-electron chi connectivity index (χ0n) is 10.1. The van der Waals surface area contributed by atoms with E-state index in [9.17, 15) is 0 Å². The van der Waals surface area contributed by atoms with Gasteiger partial charge in [0, 0.05) is 0 Å². The highest BCUT2D eigenvalue weighted by Crippen LogP contribution is 2.17. The summed E-state index contributed by atoms with van der Waals surface area (Å²) in [5, 5.41) is 9.16. The van der Waals surface area contributed by atoms with Crippen LogP contribution in [0.2, 0.25) is 0 Å². The molecule has 0 spiro atoms. The van der Waals surface area contributed by atoms with Crippen molar-refractivity contribution in [1.82, 2.24) is 0 Å². The second-order valence-electron chi connectivity index (χ2n) is 4.25. The van der Waals surface area contributed by atoms with Gasteiger partial charge in [0.25, 0.3) is 0 Å². The molecule has 0 saturated carbocycles. The molecular weight excluding hydrogens is 176 g/mol. The summed E-state index contributed by atoms with van der Waals surface area (Å²) >= 11 is 0. The van der Waals surface area contributed by atoms with E-state index in [4.69, 9.17) is 9.84 Å². The van der Waals surface area contributed by atoms with E-state index in [0.29, 0.717) is 18.6 Å². The van der Waals surface area contributed by atoms with E-state index in [-0.39, 0.29) is 6.10 Å². The van der Waals surface area contributed by atoms with E-state index >= 15 is 0 Å². The topological polar surface area (TPSA) is 29.5 Å². The van der Waals surface area contributed by atoms with Gasteiger partial charge in [-0.15, -0.1) is 0 Å². The van der Waals surface area contributed by atoms with Crippen molar-refractivity contribution < 1.29 is 9.84 Å². The Hall–Kier alpha value is -0.0800. The predicted molar refractivity (Wildman–Crippen MR) is 60.4 cm³/mol. The van der Waals surface area contributed by atoms with Gasteiger partial charge in [-0.1, -0.05) is 40.0 Å². The fraction of sp³-hybridized carbons (Fsp3) is 1.00. The molecule has 0 amide bonds. The fourth-order valence-corrected chi connectivity index (χ4v) is 1.46. The number of rotatable bonds is 8. The minimum absolute atomic E-state index is 0.328. The second-order valence-corrected chi connectivity index (χ2v) is 4.25. The molecule has 3 unspecified atom stereocenters. The van der Waals surface area contributed by atoms with Gasteiger partial charge in [0.05, 0.1) is 18.8 Å². The maximum Gasteiger partial charge on any atom is 0.0745 e. The highest BCUT2D eigenvalue weighted by molar-refractivity contribution is 4.65. The van der Waals surface area contributed by atoms with Crippen molar-refractivity contribution in [2.24, 2.45) is 5.92 Å². The van der Waals surface area contributed by atoms with Gasteiger partial charge in [-0.25, -0.2) is 0 Å². The summed E-state index contributed by atoms with van der Waals surface area (Å²) in [5.41, 5.74) is 0. The molecule has 0 aromatic carbocycles. The van der Waals surface area contributed by atoms with Gasteiger partial charge in [-0.2, -0.15) is 0 Å². The molecule has 0 aromatic rings. The summed E-state index contributed by atoms with van der Waals surface area (Å²) < 4.78 is 5.71. The van der Waals surface area contributed by atoms with Gasteiger partial charge in [0.1, 0.15) is 0 Å². The molecule has 14 heavy (non-hydrogen) atoms. The number of aliphatic hydroxyl groups excluding tert-OH is 1. The summed E-state index contributed by atoms with van der Waals surface area (Å²) in [6.07, 6.45) is 4.68. The monoisotopic (exact) mass is 202 g/mol. The lowest BCUT2D eigenvalue weighted by atomic mass is 9.97. The Morgan fingerprint density at radius 1 is 1.21 bits per heavy atom. The van der Waals surface area contributed by atoms with E-state index < -0.39 is 0 Å². The molecule has 0 aliphatic carbocycles. The Morgan fingerprint density at radius 2 is 1.86 bits per heavy atom. The second kappa shape index (κ2) is 8.25. The van der Waals surface area contributed by atoms with Crippen molar-refractivity contribution >= 4 is 0 Å². The number of unbranched alkanes of at least 4 members (excludes halogenated alkanes) is 1. The van der Waals surface area contributed by atoms with E-state index in [0.717, 1.165) is 12.8 Å². The van der Waals surface area contributed by atoms with Crippen LogP contribution < -0.4 is 0 Å². The molecule has 86 valence electrons. The molecule has 3 atom stereocenters. The summed E-state index contributed by atoms with van der Waals surface area (Å²) in [7, 11) is 0. The number of hydrogen-bond acceptors (Lipinski definition) is 2. The van der Waals surface area contributed by atoms with Gasteiger partial charge in [-0.05, 0) is 19.3 Å². The Morgan fingerprint density at radius 3 is 2.29 bits per heavy atom. The molecule has 0 fully saturated rings. The molecule has 0 aromatic heterocycles. The Bertz CT molecular complexity index is 123. The van der Waals surface area contributed by atoms with Gasteiger partial charge >= 0.3 is 0 Å². The third-order valence-electron chi connectivity index (χ3n) is 2.67. The van der Waals surface area contributed by atoms with Crippen LogP contribution in [0.1, 0.15) is 53.4 Å². The van der Waals surface area contributed by atoms with Crippen molar-refractivity contribution in [2.75, 3.05) is 6.61 Å². The van der Waals surface area contributed by atoms with E-state index in [1.165, 1.54) is 12.8 Å². The van der Waals surface area contributed by atoms with E-state index in [1.807, 2.05) is 0 Å². The third kappa shape index (κ3) is 6.39. The van der Waals surface area contributed by atoms with Gasteiger partial charge < -0.3 is 9.84 Å². The Balaban J connectivity index is 3.84. The van der Waals surface area contributed by atoms with Crippen molar-refractivity contribution in [3.8, 4) is 0 Å². The van der Waals surface area contributed by atoms with Crippen molar-refractivity contribution in [1.29, 1.82) is 0 Å². The predicted octanol–water partition coefficient (Wildman–Crippen LogP) is 2.99. The molecule has 2 heteroatoms. The van der Waals surface area contributed by atoms with Crippen LogP contribution >= 0.6 is 0 Å². The van der Waals surface area contributed by atoms with Gasteiger partial charge in [0.15, 0.2) is 0 Å². The first-order chi connectivity index (χ1) is 6.61. The van der Waals surface area contributed by atoms with Crippen LogP contribution in [-0.4, -0.2) is 23.9 Å². The lowest BCUT2D eigenvalue weighted by Gasteiger charge is -2.24. The Labute approximate surface area is 88.7 Å². The van der Waals surface area contributed by atoms with E-state index in [1.54, 1.807) is 6.92 Å². The first-order valence-electron chi connectivity index (χ1n) is 5.91. The van der Waals surface area contributed by atoms with Crippen LogP contribution in [0.5, 0.6) is 0 Å². The van der Waals surface area contributed by atoms with Crippen LogP contribution in [0.15, 0.2) is 0 Å². The minimum Gasteiger partial charge on any atom is -0.391 e. The zero-order chi connectivity index (χ0) is 11.0. The highest BCUT2D eigenvalue weighted by Gasteiger charge is 2.16. The standard InChI is InChI=1S/C12H26O2/c1-5-7-8-12(10(3)6-2)14-9-11(4)13/h10-13H,5-9H2,1-4H3. The van der Waals surface area contributed by atoms with E-state index in [2.05, 4.69) is 20.8 Å². The highest BCUT2D eigenvalue weighted by atomic mass is 16.5.